The summed E-state index contributed by atoms with van der Waals surface area (Å²) in [6.45, 7) is 9.41. The smallest absolute Gasteiger partial charge is 0.662 e. The van der Waals surface area contributed by atoms with Gasteiger partial charge in [0.1, 0.15) is 0 Å². The number of hydrogen-bond acceptors (Lipinski definition) is 1. The topological polar surface area (TPSA) is 17.3 Å². The van der Waals surface area contributed by atoms with Gasteiger partial charge in [-0.1, -0.05) is 6.42 Å². The van der Waals surface area contributed by atoms with Crippen molar-refractivity contribution >= 4 is 0 Å². The molecule has 1 spiro atoms. The van der Waals surface area contributed by atoms with E-state index in [2.05, 4.69) is 24.1 Å². The first-order valence-electron chi connectivity index (χ1n) is 4.59. The minimum Gasteiger partial charge on any atom is -0.662 e. The quantitative estimate of drug-likeness (QED) is 0.461. The third-order valence-electron chi connectivity index (χ3n) is 3.05. The Labute approximate surface area is 118 Å². The van der Waals surface area contributed by atoms with Gasteiger partial charge in [-0.2, -0.15) is 0 Å². The second kappa shape index (κ2) is 4.38. The average Bonchev–Trinajstić information content (AvgIpc) is 2.29. The standard InChI is InChI=1S/C9H17N2.K/c1-8(2)11-6-9(7-11)3-4-10-5-9;/h8H,3-7H2,1-2H3;/q-1;+1. The third-order valence-corrected chi connectivity index (χ3v) is 3.05. The molecule has 12 heavy (non-hydrogen) atoms. The molecule has 2 fully saturated rings. The van der Waals surface area contributed by atoms with Gasteiger partial charge in [-0.05, 0) is 19.3 Å². The van der Waals surface area contributed by atoms with Gasteiger partial charge < -0.3 is 5.32 Å². The molecular weight excluding hydrogens is 175 g/mol. The van der Waals surface area contributed by atoms with Gasteiger partial charge in [0.05, 0.1) is 0 Å². The van der Waals surface area contributed by atoms with Gasteiger partial charge in [0.15, 0.2) is 0 Å². The van der Waals surface area contributed by atoms with Crippen LogP contribution in [0, 0.1) is 5.41 Å². The summed E-state index contributed by atoms with van der Waals surface area (Å²) in [6, 6.07) is 0.737. The van der Waals surface area contributed by atoms with Crippen molar-refractivity contribution in [2.45, 2.75) is 26.3 Å². The van der Waals surface area contributed by atoms with Crippen molar-refractivity contribution in [1.82, 2.24) is 4.90 Å². The molecule has 2 aliphatic rings. The van der Waals surface area contributed by atoms with E-state index in [1.54, 1.807) is 0 Å². The molecule has 0 unspecified atom stereocenters. The van der Waals surface area contributed by atoms with Crippen LogP contribution >= 0.6 is 0 Å². The molecule has 0 amide bonds. The number of rotatable bonds is 1. The molecule has 3 heteroatoms. The summed E-state index contributed by atoms with van der Waals surface area (Å²) in [4.78, 5) is 2.54. The van der Waals surface area contributed by atoms with Crippen LogP contribution in [0.4, 0.5) is 0 Å². The zero-order valence-electron chi connectivity index (χ0n) is 8.51. The predicted octanol–water partition coefficient (Wildman–Crippen LogP) is -1.52. The fraction of sp³-hybridized carbons (Fsp3) is 1.00. The van der Waals surface area contributed by atoms with E-state index in [4.69, 9.17) is 0 Å². The van der Waals surface area contributed by atoms with E-state index >= 15 is 0 Å². The summed E-state index contributed by atoms with van der Waals surface area (Å²) in [5.41, 5.74) is 0.629. The van der Waals surface area contributed by atoms with Crippen molar-refractivity contribution in [2.75, 3.05) is 26.2 Å². The molecule has 0 aromatic rings. The van der Waals surface area contributed by atoms with Crippen molar-refractivity contribution in [3.05, 3.63) is 5.32 Å². The fourth-order valence-corrected chi connectivity index (χ4v) is 2.15. The Morgan fingerprint density at radius 3 is 2.42 bits per heavy atom. The van der Waals surface area contributed by atoms with E-state index in [1.165, 1.54) is 19.5 Å². The van der Waals surface area contributed by atoms with Gasteiger partial charge in [-0.15, -0.1) is 13.1 Å². The predicted molar refractivity (Wildman–Crippen MR) is 46.9 cm³/mol. The second-order valence-electron chi connectivity index (χ2n) is 4.35. The maximum Gasteiger partial charge on any atom is 1.00 e. The van der Waals surface area contributed by atoms with Crippen LogP contribution in [0.5, 0.6) is 0 Å². The van der Waals surface area contributed by atoms with Gasteiger partial charge in [0.25, 0.3) is 0 Å². The fourth-order valence-electron chi connectivity index (χ4n) is 2.15. The second-order valence-corrected chi connectivity index (χ2v) is 4.35. The summed E-state index contributed by atoms with van der Waals surface area (Å²) in [5, 5.41) is 4.43. The van der Waals surface area contributed by atoms with Crippen LogP contribution < -0.4 is 51.4 Å². The maximum absolute atomic E-state index is 4.43. The Balaban J connectivity index is 0.000000720. The molecule has 0 N–H and O–H groups in total. The number of likely N-dealkylation sites (tertiary alicyclic amines) is 1. The molecule has 0 aromatic carbocycles. The van der Waals surface area contributed by atoms with E-state index < -0.39 is 0 Å². The van der Waals surface area contributed by atoms with E-state index in [1.807, 2.05) is 0 Å². The molecule has 0 saturated carbocycles. The molecule has 2 aliphatic heterocycles. The summed E-state index contributed by atoms with van der Waals surface area (Å²) in [7, 11) is 0. The summed E-state index contributed by atoms with van der Waals surface area (Å²) in [6.07, 6.45) is 1.34. The van der Waals surface area contributed by atoms with E-state index in [0.717, 1.165) is 19.1 Å². The molecule has 2 heterocycles. The Kier molecular flexibility index (Phi) is 4.25. The largest absolute Gasteiger partial charge is 1.00 e. The van der Waals surface area contributed by atoms with Gasteiger partial charge in [0, 0.05) is 19.1 Å². The molecular formula is C9H17KN2. The zero-order chi connectivity index (χ0) is 7.90. The van der Waals surface area contributed by atoms with Crippen molar-refractivity contribution in [3.63, 3.8) is 0 Å². The van der Waals surface area contributed by atoms with Crippen molar-refractivity contribution in [3.8, 4) is 0 Å². The first kappa shape index (κ1) is 11.6. The summed E-state index contributed by atoms with van der Waals surface area (Å²) >= 11 is 0. The maximum atomic E-state index is 4.43. The molecule has 0 aromatic heterocycles. The van der Waals surface area contributed by atoms with Crippen LogP contribution in [-0.4, -0.2) is 37.1 Å². The van der Waals surface area contributed by atoms with Crippen LogP contribution in [-0.2, 0) is 0 Å². The SMILES string of the molecule is CC(C)N1CC2(CC[N-]C2)C1.[K+]. The molecule has 0 aliphatic carbocycles. The molecule has 2 rings (SSSR count). The molecule has 2 nitrogen and oxygen atoms in total. The first-order valence-corrected chi connectivity index (χ1v) is 4.59. The minimum absolute atomic E-state index is 0. The average molecular weight is 192 g/mol. The van der Waals surface area contributed by atoms with Gasteiger partial charge >= 0.3 is 51.4 Å². The normalized spacial score (nSPS) is 27.2. The molecule has 0 atom stereocenters. The molecule has 2 saturated heterocycles. The summed E-state index contributed by atoms with van der Waals surface area (Å²) < 4.78 is 0. The van der Waals surface area contributed by atoms with Crippen molar-refractivity contribution in [1.29, 1.82) is 0 Å². The van der Waals surface area contributed by atoms with Crippen molar-refractivity contribution < 1.29 is 51.4 Å². The Morgan fingerprint density at radius 2 is 2.00 bits per heavy atom. The van der Waals surface area contributed by atoms with Crippen LogP contribution in [0.15, 0.2) is 0 Å². The monoisotopic (exact) mass is 192 g/mol. The van der Waals surface area contributed by atoms with Crippen LogP contribution in [0.2, 0.25) is 0 Å². The van der Waals surface area contributed by atoms with Gasteiger partial charge in [-0.25, -0.2) is 0 Å². The Hall–Kier alpha value is 1.56. The molecule has 0 radical (unpaired) electrons. The summed E-state index contributed by atoms with van der Waals surface area (Å²) in [5.74, 6) is 0. The minimum atomic E-state index is 0. The number of hydrogen-bond donors (Lipinski definition) is 0. The molecule has 64 valence electrons. The van der Waals surface area contributed by atoms with Crippen molar-refractivity contribution in [2.24, 2.45) is 5.41 Å². The van der Waals surface area contributed by atoms with Crippen LogP contribution in [0.3, 0.4) is 0 Å². The Morgan fingerprint density at radius 1 is 1.33 bits per heavy atom. The van der Waals surface area contributed by atoms with E-state index in [9.17, 15) is 0 Å². The van der Waals surface area contributed by atoms with Crippen LogP contribution in [0.1, 0.15) is 20.3 Å². The van der Waals surface area contributed by atoms with E-state index in [0.29, 0.717) is 5.41 Å². The van der Waals surface area contributed by atoms with Crippen LogP contribution in [0.25, 0.3) is 5.32 Å². The first-order chi connectivity index (χ1) is 5.22. The van der Waals surface area contributed by atoms with Gasteiger partial charge in [-0.3, -0.25) is 4.90 Å². The Bertz CT molecular complexity index is 145. The zero-order valence-corrected chi connectivity index (χ0v) is 11.6. The van der Waals surface area contributed by atoms with Gasteiger partial charge in [0.2, 0.25) is 0 Å². The number of nitrogens with zero attached hydrogens (tertiary/aromatic N) is 2. The third kappa shape index (κ3) is 2.14. The molecule has 0 bridgehead atoms. The van der Waals surface area contributed by atoms with E-state index in [-0.39, 0.29) is 51.4 Å².